The van der Waals surface area contributed by atoms with Crippen LogP contribution in [0.25, 0.3) is 11.7 Å². The van der Waals surface area contributed by atoms with Crippen molar-refractivity contribution in [1.29, 1.82) is 0 Å². The van der Waals surface area contributed by atoms with Crippen LogP contribution in [0.5, 0.6) is 0 Å². The number of fused-ring (bicyclic) bond motifs is 1. The minimum atomic E-state index is -1.00. The van der Waals surface area contributed by atoms with Gasteiger partial charge in [0.2, 0.25) is 0 Å². The third-order valence-corrected chi connectivity index (χ3v) is 2.20. The summed E-state index contributed by atoms with van der Waals surface area (Å²) in [5.41, 5.74) is 1.32. The molecule has 76 valence electrons. The van der Waals surface area contributed by atoms with E-state index in [0.717, 1.165) is 6.08 Å². The molecule has 0 aliphatic carbocycles. The number of hydrogen-bond acceptors (Lipinski definition) is 2. The Bertz CT molecular complexity index is 545. The van der Waals surface area contributed by atoms with Crippen LogP contribution in [0.15, 0.2) is 30.5 Å². The number of imidazole rings is 1. The lowest BCUT2D eigenvalue weighted by Crippen LogP contribution is -1.90. The van der Waals surface area contributed by atoms with Crippen molar-refractivity contribution in [1.82, 2.24) is 9.38 Å². The summed E-state index contributed by atoms with van der Waals surface area (Å²) in [6.07, 6.45) is 4.07. The highest BCUT2D eigenvalue weighted by Crippen LogP contribution is 2.15. The lowest BCUT2D eigenvalue weighted by atomic mass is 10.4. The predicted molar refractivity (Wildman–Crippen MR) is 56.9 cm³/mol. The van der Waals surface area contributed by atoms with Crippen molar-refractivity contribution >= 4 is 29.3 Å². The topological polar surface area (TPSA) is 54.6 Å². The van der Waals surface area contributed by atoms with Crippen LogP contribution in [0, 0.1) is 0 Å². The number of rotatable bonds is 2. The number of aromatic nitrogens is 2. The fraction of sp³-hybridized carbons (Fsp3) is 0. The molecular formula is C10H7ClN2O2. The van der Waals surface area contributed by atoms with Crippen molar-refractivity contribution in [3.05, 3.63) is 41.3 Å². The molecule has 0 radical (unpaired) electrons. The smallest absolute Gasteiger partial charge is 0.328 e. The van der Waals surface area contributed by atoms with Gasteiger partial charge in [0.15, 0.2) is 0 Å². The minimum absolute atomic E-state index is 0.495. The highest BCUT2D eigenvalue weighted by Gasteiger charge is 2.03. The zero-order valence-corrected chi connectivity index (χ0v) is 8.35. The lowest BCUT2D eigenvalue weighted by Gasteiger charge is -1.98. The summed E-state index contributed by atoms with van der Waals surface area (Å²) in [6.45, 7) is 0. The molecule has 0 aromatic carbocycles. The van der Waals surface area contributed by atoms with Crippen LogP contribution < -0.4 is 0 Å². The molecule has 1 N–H and O–H groups in total. The van der Waals surface area contributed by atoms with Gasteiger partial charge in [0.05, 0.1) is 11.9 Å². The molecule has 0 aliphatic heterocycles. The van der Waals surface area contributed by atoms with E-state index in [4.69, 9.17) is 16.7 Å². The van der Waals surface area contributed by atoms with E-state index in [1.807, 2.05) is 0 Å². The highest BCUT2D eigenvalue weighted by molar-refractivity contribution is 6.29. The van der Waals surface area contributed by atoms with Crippen LogP contribution in [-0.4, -0.2) is 20.5 Å². The van der Waals surface area contributed by atoms with Crippen molar-refractivity contribution in [2.45, 2.75) is 0 Å². The maximum Gasteiger partial charge on any atom is 0.328 e. The number of halogens is 1. The van der Waals surface area contributed by atoms with Crippen LogP contribution in [0.1, 0.15) is 5.69 Å². The second kappa shape index (κ2) is 3.74. The van der Waals surface area contributed by atoms with Crippen molar-refractivity contribution in [3.63, 3.8) is 0 Å². The minimum Gasteiger partial charge on any atom is -0.478 e. The summed E-state index contributed by atoms with van der Waals surface area (Å²) in [4.78, 5) is 14.5. The summed E-state index contributed by atoms with van der Waals surface area (Å²) < 4.78 is 1.67. The van der Waals surface area contributed by atoms with Gasteiger partial charge in [0.1, 0.15) is 10.8 Å². The van der Waals surface area contributed by atoms with E-state index < -0.39 is 5.97 Å². The third-order valence-electron chi connectivity index (χ3n) is 1.91. The molecule has 0 spiro atoms. The summed E-state index contributed by atoms with van der Waals surface area (Å²) in [6, 6.07) is 5.30. The van der Waals surface area contributed by atoms with Gasteiger partial charge in [-0.3, -0.25) is 4.40 Å². The van der Waals surface area contributed by atoms with E-state index in [1.54, 1.807) is 28.8 Å². The second-order valence-corrected chi connectivity index (χ2v) is 3.28. The first-order valence-electron chi connectivity index (χ1n) is 4.21. The van der Waals surface area contributed by atoms with Gasteiger partial charge in [-0.2, -0.15) is 0 Å². The Morgan fingerprint density at radius 2 is 2.33 bits per heavy atom. The molecule has 0 bridgehead atoms. The molecule has 0 aliphatic rings. The Morgan fingerprint density at radius 3 is 3.07 bits per heavy atom. The SMILES string of the molecule is O=C(O)/C=C/c1cnc2cccc(Cl)n12. The Kier molecular flexibility index (Phi) is 2.43. The summed E-state index contributed by atoms with van der Waals surface area (Å²) in [5.74, 6) is -1.00. The van der Waals surface area contributed by atoms with Crippen molar-refractivity contribution in [3.8, 4) is 0 Å². The summed E-state index contributed by atoms with van der Waals surface area (Å²) in [7, 11) is 0. The van der Waals surface area contributed by atoms with Crippen LogP contribution >= 0.6 is 11.6 Å². The standard InChI is InChI=1S/C10H7ClN2O2/c11-8-2-1-3-9-12-6-7(13(8)9)4-5-10(14)15/h1-6H,(H,14,15)/b5-4+. The maximum atomic E-state index is 10.4. The number of aliphatic carboxylic acids is 1. The highest BCUT2D eigenvalue weighted by atomic mass is 35.5. The van der Waals surface area contributed by atoms with E-state index in [9.17, 15) is 4.79 Å². The van der Waals surface area contributed by atoms with E-state index in [2.05, 4.69) is 4.98 Å². The molecule has 0 saturated carbocycles. The van der Waals surface area contributed by atoms with Gasteiger partial charge in [-0.05, 0) is 18.2 Å². The van der Waals surface area contributed by atoms with E-state index in [-0.39, 0.29) is 0 Å². The largest absolute Gasteiger partial charge is 0.478 e. The number of hydrogen-bond donors (Lipinski definition) is 1. The van der Waals surface area contributed by atoms with Crippen molar-refractivity contribution in [2.24, 2.45) is 0 Å². The maximum absolute atomic E-state index is 10.4. The van der Waals surface area contributed by atoms with Gasteiger partial charge in [0.25, 0.3) is 0 Å². The van der Waals surface area contributed by atoms with Crippen LogP contribution in [-0.2, 0) is 4.79 Å². The average Bonchev–Trinajstić information content (AvgIpc) is 2.59. The number of carbonyl (C=O) groups is 1. The molecule has 4 nitrogen and oxygen atoms in total. The van der Waals surface area contributed by atoms with Gasteiger partial charge in [0, 0.05) is 6.08 Å². The first kappa shape index (κ1) is 9.73. The Balaban J connectivity index is 2.57. The number of carboxylic acids is 1. The molecule has 2 rings (SSSR count). The van der Waals surface area contributed by atoms with Crippen LogP contribution in [0.3, 0.4) is 0 Å². The lowest BCUT2D eigenvalue weighted by molar-refractivity contribution is -0.131. The van der Waals surface area contributed by atoms with Crippen molar-refractivity contribution < 1.29 is 9.90 Å². The van der Waals surface area contributed by atoms with Crippen molar-refractivity contribution in [2.75, 3.05) is 0 Å². The molecule has 2 aromatic heterocycles. The van der Waals surface area contributed by atoms with E-state index in [0.29, 0.717) is 16.5 Å². The first-order chi connectivity index (χ1) is 7.18. The van der Waals surface area contributed by atoms with Crippen LogP contribution in [0.2, 0.25) is 5.15 Å². The average molecular weight is 223 g/mol. The van der Waals surface area contributed by atoms with E-state index >= 15 is 0 Å². The Labute approximate surface area is 90.4 Å². The Morgan fingerprint density at radius 1 is 1.53 bits per heavy atom. The molecular weight excluding hydrogens is 216 g/mol. The first-order valence-corrected chi connectivity index (χ1v) is 4.59. The molecule has 0 atom stereocenters. The van der Waals surface area contributed by atoms with E-state index in [1.165, 1.54) is 6.08 Å². The zero-order valence-electron chi connectivity index (χ0n) is 7.59. The van der Waals surface area contributed by atoms with Gasteiger partial charge >= 0.3 is 5.97 Å². The normalized spacial score (nSPS) is 11.3. The zero-order chi connectivity index (χ0) is 10.8. The quantitative estimate of drug-likeness (QED) is 0.625. The molecule has 0 amide bonds. The fourth-order valence-electron chi connectivity index (χ4n) is 1.29. The third kappa shape index (κ3) is 1.85. The fourth-order valence-corrected chi connectivity index (χ4v) is 1.55. The number of pyridine rings is 1. The molecule has 2 aromatic rings. The Hall–Kier alpha value is -1.81. The van der Waals surface area contributed by atoms with Gasteiger partial charge in [-0.1, -0.05) is 17.7 Å². The molecule has 0 fully saturated rings. The van der Waals surface area contributed by atoms with Crippen LogP contribution in [0.4, 0.5) is 0 Å². The molecule has 15 heavy (non-hydrogen) atoms. The van der Waals surface area contributed by atoms with Gasteiger partial charge in [-0.15, -0.1) is 0 Å². The molecule has 0 saturated heterocycles. The summed E-state index contributed by atoms with van der Waals surface area (Å²) in [5, 5.41) is 9.00. The summed E-state index contributed by atoms with van der Waals surface area (Å²) >= 11 is 5.96. The predicted octanol–water partition coefficient (Wildman–Crippen LogP) is 2.09. The molecule has 0 unspecified atom stereocenters. The number of carboxylic acid groups (broad SMARTS) is 1. The molecule has 2 heterocycles. The second-order valence-electron chi connectivity index (χ2n) is 2.90. The number of nitrogens with zero attached hydrogens (tertiary/aromatic N) is 2. The monoisotopic (exact) mass is 222 g/mol. The van der Waals surface area contributed by atoms with Gasteiger partial charge in [-0.25, -0.2) is 9.78 Å². The molecule has 5 heteroatoms. The van der Waals surface area contributed by atoms with Gasteiger partial charge < -0.3 is 5.11 Å².